The molecule has 1 saturated heterocycles. The molecule has 12 heteroatoms. The standard InChI is InChI=1S/C26H20FN5O5S/c27-32-21-20-19(31(25(32)34)16-6-8-18(9-7-16)37-17-4-2-1-3-5-17)10-12-28-24(20)38-22(21)23(33)29-15-11-13-30(14-15)26(35)36/h1-10,12,15H,11,13-14H2,(H,29,33)(H,35,36). The van der Waals surface area contributed by atoms with Crippen LogP contribution in [-0.2, 0) is 0 Å². The molecule has 4 heterocycles. The van der Waals surface area contributed by atoms with Crippen LogP contribution in [0.25, 0.3) is 10.2 Å². The number of carboxylic acid groups (broad SMARTS) is 1. The Balaban J connectivity index is 1.32. The fourth-order valence-electron chi connectivity index (χ4n) is 4.65. The van der Waals surface area contributed by atoms with Crippen molar-refractivity contribution < 1.29 is 28.7 Å². The Morgan fingerprint density at radius 1 is 1.08 bits per heavy atom. The molecule has 0 aliphatic carbocycles. The number of carbonyl (C=O) groups is 3. The van der Waals surface area contributed by atoms with Crippen molar-refractivity contribution in [1.29, 1.82) is 0 Å². The second-order valence-corrected chi connectivity index (χ2v) is 9.78. The number of likely N-dealkylation sites (tertiary alicyclic amines) is 1. The first-order valence-electron chi connectivity index (χ1n) is 11.7. The number of carbonyl (C=O) groups excluding carboxylic acids is 2. The van der Waals surface area contributed by atoms with E-state index in [2.05, 4.69) is 10.3 Å². The minimum absolute atomic E-state index is 0.00386. The smallest absolute Gasteiger partial charge is 0.407 e. The van der Waals surface area contributed by atoms with Gasteiger partial charge in [-0.2, -0.15) is 0 Å². The van der Waals surface area contributed by atoms with Crippen molar-refractivity contribution in [2.45, 2.75) is 12.5 Å². The molecule has 4 amide bonds. The van der Waals surface area contributed by atoms with E-state index in [-0.39, 0.29) is 22.2 Å². The Morgan fingerprint density at radius 2 is 1.82 bits per heavy atom. The molecule has 2 aromatic heterocycles. The fourth-order valence-corrected chi connectivity index (χ4v) is 5.69. The van der Waals surface area contributed by atoms with E-state index in [4.69, 9.17) is 9.84 Å². The zero-order valence-corrected chi connectivity index (χ0v) is 20.5. The van der Waals surface area contributed by atoms with Gasteiger partial charge in [0.15, 0.2) is 0 Å². The number of nitrogens with zero attached hydrogens (tertiary/aromatic N) is 4. The molecule has 0 saturated carbocycles. The number of amides is 4. The predicted octanol–water partition coefficient (Wildman–Crippen LogP) is 5.53. The molecule has 38 heavy (non-hydrogen) atoms. The summed E-state index contributed by atoms with van der Waals surface area (Å²) in [4.78, 5) is 44.7. The summed E-state index contributed by atoms with van der Waals surface area (Å²) in [5.74, 6) is 0.615. The molecule has 2 aromatic carbocycles. The zero-order valence-electron chi connectivity index (χ0n) is 19.7. The van der Waals surface area contributed by atoms with Crippen LogP contribution in [0.4, 0.5) is 31.1 Å². The lowest BCUT2D eigenvalue weighted by atomic mass is 10.1. The summed E-state index contributed by atoms with van der Waals surface area (Å²) in [5, 5.41) is 12.2. The van der Waals surface area contributed by atoms with Crippen LogP contribution in [0.1, 0.15) is 16.1 Å². The number of halogens is 1. The largest absolute Gasteiger partial charge is 0.465 e. The van der Waals surface area contributed by atoms with Crippen LogP contribution in [-0.4, -0.2) is 52.2 Å². The number of para-hydroxylation sites is 1. The number of thiophene rings is 1. The van der Waals surface area contributed by atoms with E-state index in [0.29, 0.717) is 46.1 Å². The summed E-state index contributed by atoms with van der Waals surface area (Å²) in [5.41, 5.74) is 0.644. The first kappa shape index (κ1) is 23.7. The third kappa shape index (κ3) is 4.04. The lowest BCUT2D eigenvalue weighted by Gasteiger charge is -2.30. The first-order chi connectivity index (χ1) is 18.4. The highest BCUT2D eigenvalue weighted by molar-refractivity contribution is 7.21. The monoisotopic (exact) mass is 533 g/mol. The van der Waals surface area contributed by atoms with Crippen LogP contribution >= 0.6 is 11.3 Å². The minimum Gasteiger partial charge on any atom is -0.465 e. The predicted molar refractivity (Wildman–Crippen MR) is 139 cm³/mol. The van der Waals surface area contributed by atoms with Crippen LogP contribution in [0.5, 0.6) is 11.5 Å². The minimum atomic E-state index is -1.06. The Hall–Kier alpha value is -4.71. The van der Waals surface area contributed by atoms with Crippen molar-refractivity contribution in [1.82, 2.24) is 15.2 Å². The highest BCUT2D eigenvalue weighted by atomic mass is 32.1. The molecule has 1 unspecified atom stereocenters. The average Bonchev–Trinajstić information content (AvgIpc) is 3.55. The van der Waals surface area contributed by atoms with Gasteiger partial charge >= 0.3 is 12.1 Å². The molecule has 1 fully saturated rings. The van der Waals surface area contributed by atoms with Gasteiger partial charge in [-0.25, -0.2) is 14.6 Å². The second-order valence-electron chi connectivity index (χ2n) is 8.79. The van der Waals surface area contributed by atoms with Gasteiger partial charge in [0.05, 0.1) is 16.8 Å². The van der Waals surface area contributed by atoms with E-state index >= 15 is 4.48 Å². The Morgan fingerprint density at radius 3 is 2.53 bits per heavy atom. The molecule has 192 valence electrons. The summed E-state index contributed by atoms with van der Waals surface area (Å²) in [6.45, 7) is 0.434. The third-order valence-electron chi connectivity index (χ3n) is 6.42. The SMILES string of the molecule is O=C(NC1CCN(C(=O)O)C1)c1sc2nccc3c2c1N(F)C(=O)N3c1ccc(Oc2ccccc2)cc1. The van der Waals surface area contributed by atoms with Crippen LogP contribution in [0, 0.1) is 0 Å². The maximum absolute atomic E-state index is 15.6. The number of nitrogens with one attached hydrogen (secondary N) is 1. The van der Waals surface area contributed by atoms with Gasteiger partial charge in [-0.15, -0.1) is 16.5 Å². The molecule has 0 radical (unpaired) electrons. The normalized spacial score (nSPS) is 16.7. The summed E-state index contributed by atoms with van der Waals surface area (Å²) < 4.78 is 21.4. The number of rotatable bonds is 5. The number of pyridine rings is 1. The quantitative estimate of drug-likeness (QED) is 0.326. The van der Waals surface area contributed by atoms with Crippen LogP contribution < -0.4 is 20.1 Å². The maximum atomic E-state index is 15.6. The average molecular weight is 534 g/mol. The Bertz CT molecular complexity index is 1560. The maximum Gasteiger partial charge on any atom is 0.407 e. The van der Waals surface area contributed by atoms with E-state index in [1.54, 1.807) is 30.3 Å². The molecule has 4 aromatic rings. The van der Waals surface area contributed by atoms with Crippen molar-refractivity contribution in [3.05, 3.63) is 71.7 Å². The van der Waals surface area contributed by atoms with Crippen molar-refractivity contribution >= 4 is 56.6 Å². The molecule has 1 atom stereocenters. The van der Waals surface area contributed by atoms with E-state index in [1.165, 1.54) is 16.0 Å². The summed E-state index contributed by atoms with van der Waals surface area (Å²) in [6.07, 6.45) is 0.882. The van der Waals surface area contributed by atoms with Crippen molar-refractivity contribution in [2.24, 2.45) is 0 Å². The van der Waals surface area contributed by atoms with Gasteiger partial charge in [-0.1, -0.05) is 22.7 Å². The molecular weight excluding hydrogens is 513 g/mol. The molecule has 2 aliphatic rings. The van der Waals surface area contributed by atoms with Crippen LogP contribution in [0.2, 0.25) is 0 Å². The summed E-state index contributed by atoms with van der Waals surface area (Å²) in [6, 6.07) is 16.1. The van der Waals surface area contributed by atoms with Gasteiger partial charge < -0.3 is 20.1 Å². The lowest BCUT2D eigenvalue weighted by Crippen LogP contribution is -2.41. The van der Waals surface area contributed by atoms with Crippen molar-refractivity contribution in [3.63, 3.8) is 0 Å². The number of urea groups is 1. The number of aromatic nitrogens is 1. The Labute approximate surface area is 219 Å². The van der Waals surface area contributed by atoms with E-state index < -0.39 is 24.1 Å². The highest BCUT2D eigenvalue weighted by Gasteiger charge is 2.40. The topological polar surface area (TPSA) is 115 Å². The van der Waals surface area contributed by atoms with Crippen LogP contribution in [0.3, 0.4) is 0 Å². The van der Waals surface area contributed by atoms with Gasteiger partial charge in [0, 0.05) is 25.3 Å². The van der Waals surface area contributed by atoms with E-state index in [9.17, 15) is 14.4 Å². The number of hydrogen-bond donors (Lipinski definition) is 2. The zero-order chi connectivity index (χ0) is 26.4. The fraction of sp³-hybridized carbons (Fsp3) is 0.154. The molecule has 0 bridgehead atoms. The lowest BCUT2D eigenvalue weighted by molar-refractivity contribution is 0.0940. The van der Waals surface area contributed by atoms with Crippen molar-refractivity contribution in [3.8, 4) is 11.5 Å². The molecule has 2 N–H and O–H groups in total. The third-order valence-corrected chi connectivity index (χ3v) is 7.50. The molecular formula is C26H20FN5O5S. The molecule has 2 aliphatic heterocycles. The van der Waals surface area contributed by atoms with Crippen molar-refractivity contribution in [2.75, 3.05) is 23.1 Å². The summed E-state index contributed by atoms with van der Waals surface area (Å²) >= 11 is 0.974. The number of benzene rings is 2. The molecule has 0 spiro atoms. The number of ether oxygens (including phenoxy) is 1. The Kier molecular flexibility index (Phi) is 5.80. The first-order valence-corrected chi connectivity index (χ1v) is 12.6. The van der Waals surface area contributed by atoms with Gasteiger partial charge in [0.2, 0.25) is 0 Å². The molecule has 6 rings (SSSR count). The summed E-state index contributed by atoms with van der Waals surface area (Å²) in [7, 11) is 0. The van der Waals surface area contributed by atoms with Gasteiger partial charge in [-0.05, 0) is 48.9 Å². The van der Waals surface area contributed by atoms with Gasteiger partial charge in [0.1, 0.15) is 26.9 Å². The number of hydrogen-bond acceptors (Lipinski definition) is 6. The van der Waals surface area contributed by atoms with E-state index in [1.807, 2.05) is 30.3 Å². The van der Waals surface area contributed by atoms with E-state index in [0.717, 1.165) is 11.3 Å². The number of anilines is 3. The van der Waals surface area contributed by atoms with Gasteiger partial charge in [-0.3, -0.25) is 9.69 Å². The second kappa shape index (κ2) is 9.30. The molecule has 10 nitrogen and oxygen atoms in total. The van der Waals surface area contributed by atoms with Crippen LogP contribution in [0.15, 0.2) is 66.9 Å². The van der Waals surface area contributed by atoms with Gasteiger partial charge in [0.25, 0.3) is 5.91 Å². The highest BCUT2D eigenvalue weighted by Crippen LogP contribution is 2.48.